The van der Waals surface area contributed by atoms with Gasteiger partial charge in [-0.3, -0.25) is 9.78 Å². The summed E-state index contributed by atoms with van der Waals surface area (Å²) < 4.78 is 10.7. The highest BCUT2D eigenvalue weighted by molar-refractivity contribution is 5.93. The van der Waals surface area contributed by atoms with Gasteiger partial charge in [0.15, 0.2) is 11.5 Å². The number of nitrogens with zero attached hydrogens (tertiary/aromatic N) is 3. The minimum atomic E-state index is -0.280. The molecule has 0 saturated heterocycles. The molecule has 8 heteroatoms. The molecule has 2 N–H and O–H groups in total. The van der Waals surface area contributed by atoms with E-state index in [4.69, 9.17) is 9.47 Å². The normalized spacial score (nSPS) is 11.9. The van der Waals surface area contributed by atoms with Crippen molar-refractivity contribution in [3.63, 3.8) is 0 Å². The molecule has 136 valence electrons. The fraction of sp³-hybridized carbons (Fsp3) is 0.158. The lowest BCUT2D eigenvalue weighted by atomic mass is 10.2. The lowest BCUT2D eigenvalue weighted by molar-refractivity contribution is 0.0945. The lowest BCUT2D eigenvalue weighted by Gasteiger charge is -2.10. The molecule has 27 heavy (non-hydrogen) atoms. The summed E-state index contributed by atoms with van der Waals surface area (Å²) in [5.74, 6) is 2.10. The number of hydrogen-bond donors (Lipinski definition) is 2. The van der Waals surface area contributed by atoms with Gasteiger partial charge in [-0.2, -0.15) is 0 Å². The van der Waals surface area contributed by atoms with Gasteiger partial charge >= 0.3 is 0 Å². The Balaban J connectivity index is 1.48. The molecule has 1 amide bonds. The number of pyridine rings is 1. The maximum absolute atomic E-state index is 12.4. The largest absolute Gasteiger partial charge is 0.454 e. The standard InChI is InChI=1S/C19H17N5O3/c1-12-22-15(19(25)21-10-13-3-2-6-20-9-13)8-18(23-12)24-14-4-5-16-17(7-14)27-11-26-16/h2-9H,10-11H2,1H3,(H,21,25)(H,22,23,24). The summed E-state index contributed by atoms with van der Waals surface area (Å²) in [5.41, 5.74) is 1.98. The van der Waals surface area contributed by atoms with Crippen LogP contribution in [-0.2, 0) is 6.54 Å². The van der Waals surface area contributed by atoms with E-state index in [0.29, 0.717) is 29.7 Å². The van der Waals surface area contributed by atoms with Crippen LogP contribution >= 0.6 is 0 Å². The first-order valence-corrected chi connectivity index (χ1v) is 8.37. The highest BCUT2D eigenvalue weighted by Crippen LogP contribution is 2.34. The number of hydrogen-bond acceptors (Lipinski definition) is 7. The van der Waals surface area contributed by atoms with Crippen molar-refractivity contribution in [2.45, 2.75) is 13.5 Å². The number of ether oxygens (including phenoxy) is 2. The highest BCUT2D eigenvalue weighted by atomic mass is 16.7. The zero-order valence-electron chi connectivity index (χ0n) is 14.6. The number of rotatable bonds is 5. The van der Waals surface area contributed by atoms with Crippen LogP contribution in [0.25, 0.3) is 0 Å². The molecule has 3 aromatic rings. The van der Waals surface area contributed by atoms with Gasteiger partial charge in [0.25, 0.3) is 5.91 Å². The van der Waals surface area contributed by atoms with Crippen molar-refractivity contribution in [3.8, 4) is 11.5 Å². The zero-order chi connectivity index (χ0) is 18.6. The molecule has 0 radical (unpaired) electrons. The van der Waals surface area contributed by atoms with Crippen LogP contribution in [0.4, 0.5) is 11.5 Å². The second-order valence-corrected chi connectivity index (χ2v) is 5.92. The SMILES string of the molecule is Cc1nc(Nc2ccc3c(c2)OCO3)cc(C(=O)NCc2cccnc2)n1. The summed E-state index contributed by atoms with van der Waals surface area (Å²) in [4.78, 5) is 25.0. The molecule has 0 saturated carbocycles. The topological polar surface area (TPSA) is 98.3 Å². The van der Waals surface area contributed by atoms with Gasteiger partial charge in [0, 0.05) is 36.8 Å². The Morgan fingerprint density at radius 3 is 2.89 bits per heavy atom. The number of benzene rings is 1. The Morgan fingerprint density at radius 2 is 2.04 bits per heavy atom. The molecule has 0 unspecified atom stereocenters. The maximum Gasteiger partial charge on any atom is 0.270 e. The number of aryl methyl sites for hydroxylation is 1. The summed E-state index contributed by atoms with van der Waals surface area (Å²) in [7, 11) is 0. The monoisotopic (exact) mass is 363 g/mol. The summed E-state index contributed by atoms with van der Waals surface area (Å²) in [6, 6.07) is 10.8. The van der Waals surface area contributed by atoms with Crippen LogP contribution in [0.5, 0.6) is 11.5 Å². The lowest BCUT2D eigenvalue weighted by Crippen LogP contribution is -2.24. The molecule has 0 bridgehead atoms. The second-order valence-electron chi connectivity index (χ2n) is 5.92. The van der Waals surface area contributed by atoms with E-state index in [-0.39, 0.29) is 18.4 Å². The summed E-state index contributed by atoms with van der Waals surface area (Å²) in [6.07, 6.45) is 3.39. The molecule has 1 aliphatic heterocycles. The number of aromatic nitrogens is 3. The smallest absolute Gasteiger partial charge is 0.270 e. The van der Waals surface area contributed by atoms with Crippen LogP contribution in [0.3, 0.4) is 0 Å². The van der Waals surface area contributed by atoms with Crippen LogP contribution in [0, 0.1) is 6.92 Å². The first-order valence-electron chi connectivity index (χ1n) is 8.37. The van der Waals surface area contributed by atoms with E-state index in [1.165, 1.54) is 0 Å². The first-order chi connectivity index (χ1) is 13.2. The molecule has 3 heterocycles. The van der Waals surface area contributed by atoms with Crippen molar-refractivity contribution in [3.05, 3.63) is 65.9 Å². The summed E-state index contributed by atoms with van der Waals surface area (Å²) in [5, 5.41) is 6.00. The van der Waals surface area contributed by atoms with Crippen molar-refractivity contribution < 1.29 is 14.3 Å². The third kappa shape index (κ3) is 3.95. The quantitative estimate of drug-likeness (QED) is 0.719. The van der Waals surface area contributed by atoms with E-state index in [0.717, 1.165) is 11.3 Å². The van der Waals surface area contributed by atoms with Crippen LogP contribution in [0.1, 0.15) is 21.9 Å². The zero-order valence-corrected chi connectivity index (χ0v) is 14.6. The van der Waals surface area contributed by atoms with Gasteiger partial charge in [-0.05, 0) is 30.7 Å². The van der Waals surface area contributed by atoms with E-state index in [2.05, 4.69) is 25.6 Å². The van der Waals surface area contributed by atoms with Crippen molar-refractivity contribution in [1.29, 1.82) is 0 Å². The maximum atomic E-state index is 12.4. The van der Waals surface area contributed by atoms with Gasteiger partial charge in [0.05, 0.1) is 0 Å². The Hall–Kier alpha value is -3.68. The average molecular weight is 363 g/mol. The van der Waals surface area contributed by atoms with Crippen LogP contribution in [-0.4, -0.2) is 27.7 Å². The molecule has 8 nitrogen and oxygen atoms in total. The Kier molecular flexibility index (Phi) is 4.52. The molecule has 1 aromatic carbocycles. The second kappa shape index (κ2) is 7.28. The fourth-order valence-corrected chi connectivity index (χ4v) is 2.65. The number of carbonyl (C=O) groups excluding carboxylic acids is 1. The average Bonchev–Trinajstić information content (AvgIpc) is 3.14. The Morgan fingerprint density at radius 1 is 1.15 bits per heavy atom. The van der Waals surface area contributed by atoms with Gasteiger partial charge in [0.2, 0.25) is 6.79 Å². The number of carbonyl (C=O) groups is 1. The van der Waals surface area contributed by atoms with Gasteiger partial charge < -0.3 is 20.1 Å². The third-order valence-corrected chi connectivity index (χ3v) is 3.89. The molecular weight excluding hydrogens is 346 g/mol. The third-order valence-electron chi connectivity index (χ3n) is 3.89. The van der Waals surface area contributed by atoms with E-state index in [1.54, 1.807) is 25.4 Å². The minimum absolute atomic E-state index is 0.215. The van der Waals surface area contributed by atoms with Gasteiger partial charge in [-0.25, -0.2) is 9.97 Å². The number of fused-ring (bicyclic) bond motifs is 1. The number of nitrogens with one attached hydrogen (secondary N) is 2. The van der Waals surface area contributed by atoms with Crippen molar-refractivity contribution in [1.82, 2.24) is 20.3 Å². The fourth-order valence-electron chi connectivity index (χ4n) is 2.65. The molecule has 0 aliphatic carbocycles. The van der Waals surface area contributed by atoms with Crippen LogP contribution in [0.2, 0.25) is 0 Å². The first kappa shape index (κ1) is 16.8. The molecule has 0 spiro atoms. The molecule has 4 rings (SSSR count). The van der Waals surface area contributed by atoms with Crippen LogP contribution < -0.4 is 20.1 Å². The van der Waals surface area contributed by atoms with E-state index < -0.39 is 0 Å². The molecular formula is C19H17N5O3. The molecule has 1 aliphatic rings. The van der Waals surface area contributed by atoms with Gasteiger partial charge in [0.1, 0.15) is 17.3 Å². The summed E-state index contributed by atoms with van der Waals surface area (Å²) >= 11 is 0. The summed E-state index contributed by atoms with van der Waals surface area (Å²) in [6.45, 7) is 2.33. The molecule has 2 aromatic heterocycles. The number of anilines is 2. The van der Waals surface area contributed by atoms with Crippen molar-refractivity contribution >= 4 is 17.4 Å². The van der Waals surface area contributed by atoms with Crippen molar-refractivity contribution in [2.24, 2.45) is 0 Å². The van der Waals surface area contributed by atoms with E-state index in [1.807, 2.05) is 30.3 Å². The minimum Gasteiger partial charge on any atom is -0.454 e. The number of amides is 1. The molecule has 0 atom stereocenters. The van der Waals surface area contributed by atoms with Gasteiger partial charge in [-0.1, -0.05) is 6.07 Å². The van der Waals surface area contributed by atoms with E-state index >= 15 is 0 Å². The Bertz CT molecular complexity index is 978. The molecule has 0 fully saturated rings. The highest BCUT2D eigenvalue weighted by Gasteiger charge is 2.14. The predicted octanol–water partition coefficient (Wildman–Crippen LogP) is 2.58. The van der Waals surface area contributed by atoms with Crippen molar-refractivity contribution in [2.75, 3.05) is 12.1 Å². The van der Waals surface area contributed by atoms with Gasteiger partial charge in [-0.15, -0.1) is 0 Å². The Labute approximate surface area is 155 Å². The van der Waals surface area contributed by atoms with Crippen LogP contribution in [0.15, 0.2) is 48.8 Å². The predicted molar refractivity (Wildman–Crippen MR) is 98.0 cm³/mol. The van der Waals surface area contributed by atoms with E-state index in [9.17, 15) is 4.79 Å².